The molecule has 0 aliphatic heterocycles. The number of carboxylic acid groups (broad SMARTS) is 1. The van der Waals surface area contributed by atoms with Gasteiger partial charge in [0.2, 0.25) is 11.2 Å². The van der Waals surface area contributed by atoms with Gasteiger partial charge in [-0.2, -0.15) is 0 Å². The number of hydrogen-bond acceptors (Lipinski definition) is 6. The van der Waals surface area contributed by atoms with Gasteiger partial charge in [0.05, 0.1) is 12.0 Å². The van der Waals surface area contributed by atoms with Crippen LogP contribution in [0.1, 0.15) is 13.8 Å². The Balaban J connectivity index is 1.92. The van der Waals surface area contributed by atoms with Crippen molar-refractivity contribution in [3.8, 4) is 23.0 Å². The van der Waals surface area contributed by atoms with Gasteiger partial charge in [0.1, 0.15) is 17.6 Å². The van der Waals surface area contributed by atoms with E-state index in [2.05, 4.69) is 0 Å². The summed E-state index contributed by atoms with van der Waals surface area (Å²) in [6, 6.07) is 11.5. The lowest BCUT2D eigenvalue weighted by molar-refractivity contribution is -0.144. The second-order valence-corrected chi connectivity index (χ2v) is 5.67. The maximum atomic E-state index is 12.7. The van der Waals surface area contributed by atoms with Crippen LogP contribution in [0.4, 0.5) is 0 Å². The van der Waals surface area contributed by atoms with Crippen molar-refractivity contribution in [3.63, 3.8) is 0 Å². The molecule has 0 saturated carbocycles. The van der Waals surface area contributed by atoms with Gasteiger partial charge in [0.25, 0.3) is 0 Å². The Hall–Kier alpha value is -3.48. The van der Waals surface area contributed by atoms with Crippen molar-refractivity contribution in [1.29, 1.82) is 0 Å². The molecule has 0 saturated heterocycles. The molecule has 0 bridgehead atoms. The van der Waals surface area contributed by atoms with Crippen LogP contribution in [-0.2, 0) is 4.79 Å². The molecule has 3 aromatic rings. The van der Waals surface area contributed by atoms with E-state index in [-0.39, 0.29) is 27.9 Å². The van der Waals surface area contributed by atoms with Gasteiger partial charge in [-0.25, -0.2) is 4.79 Å². The van der Waals surface area contributed by atoms with Crippen LogP contribution >= 0.6 is 0 Å². The molecule has 0 radical (unpaired) electrons. The summed E-state index contributed by atoms with van der Waals surface area (Å²) >= 11 is 0. The molecule has 0 aliphatic carbocycles. The van der Waals surface area contributed by atoms with E-state index in [9.17, 15) is 9.59 Å². The number of para-hydroxylation sites is 2. The molecule has 7 nitrogen and oxygen atoms in total. The molecule has 27 heavy (non-hydrogen) atoms. The summed E-state index contributed by atoms with van der Waals surface area (Å²) in [6.07, 6.45) is 0.185. The molecule has 140 valence electrons. The van der Waals surface area contributed by atoms with Gasteiger partial charge < -0.3 is 23.7 Å². The predicted molar refractivity (Wildman–Crippen MR) is 97.9 cm³/mol. The molecule has 3 rings (SSSR count). The summed E-state index contributed by atoms with van der Waals surface area (Å²) in [5.41, 5.74) is -0.0964. The molecule has 0 amide bonds. The Kier molecular flexibility index (Phi) is 5.30. The highest BCUT2D eigenvalue weighted by atomic mass is 16.5. The van der Waals surface area contributed by atoms with E-state index in [4.69, 9.17) is 23.7 Å². The minimum Gasteiger partial charge on any atom is -0.490 e. The van der Waals surface area contributed by atoms with Crippen LogP contribution in [0.15, 0.2) is 57.9 Å². The summed E-state index contributed by atoms with van der Waals surface area (Å²) in [5, 5.41) is 9.20. The normalized spacial score (nSPS) is 11.8. The van der Waals surface area contributed by atoms with Gasteiger partial charge in [-0.05, 0) is 38.1 Å². The molecule has 1 aromatic heterocycles. The highest BCUT2D eigenvalue weighted by Gasteiger charge is 2.15. The summed E-state index contributed by atoms with van der Waals surface area (Å²) in [5.74, 6) is 0.138. The third-order valence-electron chi connectivity index (χ3n) is 3.74. The fraction of sp³-hybridized carbons (Fsp3) is 0.200. The van der Waals surface area contributed by atoms with Crippen LogP contribution < -0.4 is 19.6 Å². The van der Waals surface area contributed by atoms with Crippen LogP contribution in [0, 0.1) is 0 Å². The zero-order valence-corrected chi connectivity index (χ0v) is 14.8. The molecule has 2 aromatic carbocycles. The number of fused-ring (bicyclic) bond motifs is 1. The summed E-state index contributed by atoms with van der Waals surface area (Å²) in [4.78, 5) is 23.6. The minimum atomic E-state index is -1.09. The van der Waals surface area contributed by atoms with Gasteiger partial charge in [-0.3, -0.25) is 4.79 Å². The van der Waals surface area contributed by atoms with Crippen molar-refractivity contribution in [3.05, 3.63) is 59.0 Å². The van der Waals surface area contributed by atoms with Crippen molar-refractivity contribution in [2.45, 2.75) is 20.0 Å². The third-order valence-corrected chi connectivity index (χ3v) is 3.74. The quantitative estimate of drug-likeness (QED) is 0.675. The molecule has 0 fully saturated rings. The number of rotatable bonds is 7. The smallest absolute Gasteiger partial charge is 0.344 e. The Labute approximate surface area is 154 Å². The number of carboxylic acids is 1. The van der Waals surface area contributed by atoms with Gasteiger partial charge in [0, 0.05) is 6.07 Å². The van der Waals surface area contributed by atoms with Crippen LogP contribution in [0.2, 0.25) is 0 Å². The summed E-state index contributed by atoms with van der Waals surface area (Å²) < 4.78 is 21.9. The van der Waals surface area contributed by atoms with E-state index < -0.39 is 12.1 Å². The lowest BCUT2D eigenvalue weighted by atomic mass is 10.2. The summed E-state index contributed by atoms with van der Waals surface area (Å²) in [6.45, 7) is 3.73. The monoisotopic (exact) mass is 370 g/mol. The topological polar surface area (TPSA) is 95.2 Å². The van der Waals surface area contributed by atoms with E-state index in [1.54, 1.807) is 24.3 Å². The highest BCUT2D eigenvalue weighted by molar-refractivity contribution is 5.79. The van der Waals surface area contributed by atoms with Crippen molar-refractivity contribution in [1.82, 2.24) is 0 Å². The number of carbonyl (C=O) groups is 1. The molecule has 0 spiro atoms. The van der Waals surface area contributed by atoms with Crippen LogP contribution in [0.5, 0.6) is 23.0 Å². The first-order chi connectivity index (χ1) is 13.0. The Bertz CT molecular complexity index is 1020. The lowest BCUT2D eigenvalue weighted by Gasteiger charge is -2.12. The number of ether oxygens (including phenoxy) is 3. The largest absolute Gasteiger partial charge is 0.490 e. The van der Waals surface area contributed by atoms with Crippen molar-refractivity contribution in [2.75, 3.05) is 6.61 Å². The van der Waals surface area contributed by atoms with Gasteiger partial charge in [-0.1, -0.05) is 12.1 Å². The average Bonchev–Trinajstić information content (AvgIpc) is 2.65. The van der Waals surface area contributed by atoms with E-state index in [0.29, 0.717) is 18.1 Å². The Morgan fingerprint density at radius 1 is 1.15 bits per heavy atom. The first kappa shape index (κ1) is 18.3. The van der Waals surface area contributed by atoms with E-state index in [1.165, 1.54) is 31.4 Å². The van der Waals surface area contributed by atoms with E-state index in [1.807, 2.05) is 6.92 Å². The number of hydrogen-bond donors (Lipinski definition) is 1. The zero-order valence-electron chi connectivity index (χ0n) is 14.8. The lowest BCUT2D eigenvalue weighted by Crippen LogP contribution is -2.22. The molecule has 1 atom stereocenters. The first-order valence-electron chi connectivity index (χ1n) is 8.34. The van der Waals surface area contributed by atoms with Crippen molar-refractivity contribution in [2.24, 2.45) is 0 Å². The van der Waals surface area contributed by atoms with Crippen molar-refractivity contribution < 1.29 is 28.5 Å². The average molecular weight is 370 g/mol. The van der Waals surface area contributed by atoms with Crippen LogP contribution in [-0.4, -0.2) is 23.8 Å². The standard InChI is InChI=1S/C20H18O7/c1-3-24-15-6-4-5-7-16(15)27-18-11-25-17-10-13(26-12(2)20(22)23)8-9-14(17)19(18)21/h4-12H,3H2,1-2H3,(H,22,23)/t12-/m0/s1. The molecule has 0 unspecified atom stereocenters. The van der Waals surface area contributed by atoms with Crippen LogP contribution in [0.3, 0.4) is 0 Å². The third kappa shape index (κ3) is 4.03. The van der Waals surface area contributed by atoms with Gasteiger partial charge >= 0.3 is 5.97 Å². The molecule has 0 aliphatic rings. The predicted octanol–water partition coefficient (Wildman–Crippen LogP) is 3.84. The Morgan fingerprint density at radius 2 is 1.89 bits per heavy atom. The molecular formula is C20H18O7. The number of aliphatic carboxylic acids is 1. The fourth-order valence-electron chi connectivity index (χ4n) is 2.42. The van der Waals surface area contributed by atoms with Gasteiger partial charge in [-0.15, -0.1) is 0 Å². The SMILES string of the molecule is CCOc1ccccc1Oc1coc2cc(O[C@@H](C)C(=O)O)ccc2c1=O. The zero-order chi connectivity index (χ0) is 19.4. The Morgan fingerprint density at radius 3 is 2.59 bits per heavy atom. The highest BCUT2D eigenvalue weighted by Crippen LogP contribution is 2.31. The maximum Gasteiger partial charge on any atom is 0.344 e. The second kappa shape index (κ2) is 7.82. The number of benzene rings is 2. The maximum absolute atomic E-state index is 12.7. The first-order valence-corrected chi connectivity index (χ1v) is 8.34. The second-order valence-electron chi connectivity index (χ2n) is 5.67. The molecule has 1 heterocycles. The molecule has 1 N–H and O–H groups in total. The van der Waals surface area contributed by atoms with E-state index >= 15 is 0 Å². The minimum absolute atomic E-state index is 0.0159. The van der Waals surface area contributed by atoms with Crippen LogP contribution in [0.25, 0.3) is 11.0 Å². The molecule has 7 heteroatoms. The van der Waals surface area contributed by atoms with Crippen molar-refractivity contribution >= 4 is 16.9 Å². The fourth-order valence-corrected chi connectivity index (χ4v) is 2.42. The van der Waals surface area contributed by atoms with E-state index in [0.717, 1.165) is 0 Å². The summed E-state index contributed by atoms with van der Waals surface area (Å²) in [7, 11) is 0. The van der Waals surface area contributed by atoms with Gasteiger partial charge in [0.15, 0.2) is 17.6 Å². The molecular weight excluding hydrogens is 352 g/mol.